The summed E-state index contributed by atoms with van der Waals surface area (Å²) in [7, 11) is 0. The van der Waals surface area contributed by atoms with Gasteiger partial charge in [-0.15, -0.1) is 11.3 Å². The van der Waals surface area contributed by atoms with E-state index >= 15 is 0 Å². The molecule has 0 aliphatic rings. The van der Waals surface area contributed by atoms with Gasteiger partial charge in [0.25, 0.3) is 5.56 Å². The highest BCUT2D eigenvalue weighted by atomic mass is 32.1. The number of H-pyrrole nitrogens is 1. The van der Waals surface area contributed by atoms with Gasteiger partial charge in [0, 0.05) is 4.88 Å². The zero-order chi connectivity index (χ0) is 16.1. The molecule has 120 valence electrons. The second-order valence-electron chi connectivity index (χ2n) is 5.57. The summed E-state index contributed by atoms with van der Waals surface area (Å²) in [5.41, 5.74) is 0.588. The average Bonchev–Trinajstić information content (AvgIpc) is 2.79. The number of unbranched alkanes of at least 4 members (excludes halogenated alkanes) is 5. The summed E-state index contributed by atoms with van der Waals surface area (Å²) in [4.78, 5) is 31.0. The van der Waals surface area contributed by atoms with Crippen molar-refractivity contribution in [1.82, 2.24) is 9.97 Å². The Morgan fingerprint density at radius 3 is 2.59 bits per heavy atom. The van der Waals surface area contributed by atoms with E-state index in [1.54, 1.807) is 0 Å². The van der Waals surface area contributed by atoms with Gasteiger partial charge in [0.05, 0.1) is 5.39 Å². The molecule has 2 aromatic heterocycles. The van der Waals surface area contributed by atoms with E-state index < -0.39 is 5.97 Å². The molecule has 0 spiro atoms. The number of carboxylic acids is 1. The minimum Gasteiger partial charge on any atom is -0.475 e. The summed E-state index contributed by atoms with van der Waals surface area (Å²) in [6, 6.07) is 0. The molecule has 5 nitrogen and oxygen atoms in total. The van der Waals surface area contributed by atoms with Crippen molar-refractivity contribution in [3.05, 3.63) is 26.6 Å². The molecule has 2 heterocycles. The standard InChI is InChI=1S/C16H22N2O3S/c1-3-4-5-6-7-8-9-11-10(2)12-14(19)17-13(16(20)21)18-15(12)22-11/h3-9H2,1-2H3,(H,20,21)(H,17,18,19). The number of nitrogens with one attached hydrogen (secondary N) is 1. The lowest BCUT2D eigenvalue weighted by Crippen LogP contribution is -2.15. The van der Waals surface area contributed by atoms with Gasteiger partial charge in [0.1, 0.15) is 4.83 Å². The number of aryl methyl sites for hydroxylation is 2. The molecule has 0 saturated heterocycles. The molecular weight excluding hydrogens is 300 g/mol. The third-order valence-electron chi connectivity index (χ3n) is 3.86. The van der Waals surface area contributed by atoms with Crippen LogP contribution in [0.1, 0.15) is 66.5 Å². The van der Waals surface area contributed by atoms with Crippen molar-refractivity contribution in [2.24, 2.45) is 0 Å². The number of nitrogens with zero attached hydrogens (tertiary/aromatic N) is 1. The molecule has 0 amide bonds. The van der Waals surface area contributed by atoms with Crippen molar-refractivity contribution >= 4 is 27.5 Å². The Morgan fingerprint density at radius 1 is 1.23 bits per heavy atom. The van der Waals surface area contributed by atoms with Crippen LogP contribution in [-0.2, 0) is 6.42 Å². The van der Waals surface area contributed by atoms with Crippen LogP contribution in [-0.4, -0.2) is 21.0 Å². The van der Waals surface area contributed by atoms with Crippen molar-refractivity contribution in [3.63, 3.8) is 0 Å². The largest absolute Gasteiger partial charge is 0.475 e. The molecule has 0 bridgehead atoms. The molecule has 0 saturated carbocycles. The fourth-order valence-corrected chi connectivity index (χ4v) is 3.82. The van der Waals surface area contributed by atoms with Gasteiger partial charge in [-0.05, 0) is 25.3 Å². The van der Waals surface area contributed by atoms with Crippen LogP contribution in [0.3, 0.4) is 0 Å². The summed E-state index contributed by atoms with van der Waals surface area (Å²) in [6.07, 6.45) is 8.29. The summed E-state index contributed by atoms with van der Waals surface area (Å²) in [5.74, 6) is -1.49. The third kappa shape index (κ3) is 3.74. The Labute approximate surface area is 133 Å². The first kappa shape index (κ1) is 16.7. The number of thiophene rings is 1. The van der Waals surface area contributed by atoms with Crippen LogP contribution < -0.4 is 5.56 Å². The Kier molecular flexibility index (Phi) is 5.71. The number of aromatic nitrogens is 2. The van der Waals surface area contributed by atoms with E-state index in [1.807, 2.05) is 6.92 Å². The molecule has 0 aliphatic heterocycles. The van der Waals surface area contributed by atoms with Crippen LogP contribution in [0.4, 0.5) is 0 Å². The fourth-order valence-electron chi connectivity index (χ4n) is 2.60. The highest BCUT2D eigenvalue weighted by Crippen LogP contribution is 2.28. The van der Waals surface area contributed by atoms with Gasteiger partial charge in [-0.1, -0.05) is 39.0 Å². The van der Waals surface area contributed by atoms with E-state index in [9.17, 15) is 9.59 Å². The lowest BCUT2D eigenvalue weighted by Gasteiger charge is -2.00. The molecule has 6 heteroatoms. The molecule has 0 aliphatic carbocycles. The van der Waals surface area contributed by atoms with E-state index in [-0.39, 0.29) is 11.4 Å². The summed E-state index contributed by atoms with van der Waals surface area (Å²) in [5, 5.41) is 9.50. The van der Waals surface area contributed by atoms with Gasteiger partial charge in [0.2, 0.25) is 5.82 Å². The Balaban J connectivity index is 2.11. The number of carboxylic acid groups (broad SMARTS) is 1. The number of hydrogen-bond acceptors (Lipinski definition) is 4. The molecule has 0 fully saturated rings. The van der Waals surface area contributed by atoms with Crippen LogP contribution in [0, 0.1) is 6.92 Å². The summed E-state index contributed by atoms with van der Waals surface area (Å²) in [6.45, 7) is 4.12. The highest BCUT2D eigenvalue weighted by Gasteiger charge is 2.16. The second kappa shape index (κ2) is 7.54. The Bertz CT molecular complexity index is 718. The first-order valence-electron chi connectivity index (χ1n) is 7.80. The zero-order valence-corrected chi connectivity index (χ0v) is 13.9. The smallest absolute Gasteiger partial charge is 0.372 e. The summed E-state index contributed by atoms with van der Waals surface area (Å²) >= 11 is 1.44. The monoisotopic (exact) mass is 322 g/mol. The van der Waals surface area contributed by atoms with E-state index in [0.29, 0.717) is 10.2 Å². The maximum Gasteiger partial charge on any atom is 0.372 e. The summed E-state index contributed by atoms with van der Waals surface area (Å²) < 4.78 is 0. The normalized spacial score (nSPS) is 11.2. The maximum atomic E-state index is 12.0. The van der Waals surface area contributed by atoms with Crippen molar-refractivity contribution in [2.45, 2.75) is 58.8 Å². The van der Waals surface area contributed by atoms with E-state index in [4.69, 9.17) is 5.11 Å². The minimum atomic E-state index is -1.21. The lowest BCUT2D eigenvalue weighted by molar-refractivity contribution is 0.0683. The fraction of sp³-hybridized carbons (Fsp3) is 0.562. The van der Waals surface area contributed by atoms with Crippen molar-refractivity contribution in [1.29, 1.82) is 0 Å². The Morgan fingerprint density at radius 2 is 1.91 bits per heavy atom. The van der Waals surface area contributed by atoms with Crippen LogP contribution >= 0.6 is 11.3 Å². The van der Waals surface area contributed by atoms with Crippen LogP contribution in [0.25, 0.3) is 10.2 Å². The first-order chi connectivity index (χ1) is 10.5. The molecule has 2 aromatic rings. The second-order valence-corrected chi connectivity index (χ2v) is 6.65. The molecule has 22 heavy (non-hydrogen) atoms. The highest BCUT2D eigenvalue weighted by molar-refractivity contribution is 7.18. The quantitative estimate of drug-likeness (QED) is 0.722. The number of hydrogen-bond donors (Lipinski definition) is 2. The minimum absolute atomic E-state index is 0.287. The van der Waals surface area contributed by atoms with Crippen molar-refractivity contribution in [3.8, 4) is 0 Å². The van der Waals surface area contributed by atoms with Gasteiger partial charge in [0.15, 0.2) is 0 Å². The van der Waals surface area contributed by atoms with Crippen LogP contribution in [0.5, 0.6) is 0 Å². The molecule has 0 atom stereocenters. The number of aromatic carboxylic acids is 1. The van der Waals surface area contributed by atoms with Gasteiger partial charge >= 0.3 is 5.97 Å². The molecule has 0 aromatic carbocycles. The number of rotatable bonds is 8. The number of fused-ring (bicyclic) bond motifs is 1. The average molecular weight is 322 g/mol. The molecular formula is C16H22N2O3S. The van der Waals surface area contributed by atoms with Crippen LogP contribution in [0.15, 0.2) is 4.79 Å². The zero-order valence-electron chi connectivity index (χ0n) is 13.1. The first-order valence-corrected chi connectivity index (χ1v) is 8.61. The predicted molar refractivity (Wildman–Crippen MR) is 89.0 cm³/mol. The van der Waals surface area contributed by atoms with Gasteiger partial charge in [-0.2, -0.15) is 0 Å². The lowest BCUT2D eigenvalue weighted by atomic mass is 10.1. The SMILES string of the molecule is CCCCCCCCc1sc2nc(C(=O)O)[nH]c(=O)c2c1C. The molecule has 0 radical (unpaired) electrons. The predicted octanol–water partition coefficient (Wildman–Crippen LogP) is 3.89. The molecule has 0 unspecified atom stereocenters. The van der Waals surface area contributed by atoms with E-state index in [2.05, 4.69) is 16.9 Å². The molecule has 2 rings (SSSR count). The number of aromatic amines is 1. The topological polar surface area (TPSA) is 83.0 Å². The van der Waals surface area contributed by atoms with E-state index in [1.165, 1.54) is 43.4 Å². The maximum absolute atomic E-state index is 12.0. The van der Waals surface area contributed by atoms with Crippen LogP contribution in [0.2, 0.25) is 0 Å². The molecule has 2 N–H and O–H groups in total. The third-order valence-corrected chi connectivity index (χ3v) is 5.10. The van der Waals surface area contributed by atoms with Gasteiger partial charge in [-0.25, -0.2) is 9.78 Å². The van der Waals surface area contributed by atoms with Crippen molar-refractivity contribution < 1.29 is 9.90 Å². The van der Waals surface area contributed by atoms with Gasteiger partial charge in [-0.3, -0.25) is 4.79 Å². The van der Waals surface area contributed by atoms with Crippen molar-refractivity contribution in [2.75, 3.05) is 0 Å². The van der Waals surface area contributed by atoms with Gasteiger partial charge < -0.3 is 10.1 Å². The Hall–Kier alpha value is -1.69. The van der Waals surface area contributed by atoms with E-state index in [0.717, 1.165) is 23.3 Å². The number of carbonyl (C=O) groups is 1.